The molecule has 0 fully saturated rings. The SMILES string of the molecule is CC(CO)(CO)CNCCCC(N)=O. The van der Waals surface area contributed by atoms with Crippen LogP contribution in [0.2, 0.25) is 0 Å². The third-order valence-corrected chi connectivity index (χ3v) is 2.09. The summed E-state index contributed by atoms with van der Waals surface area (Å²) < 4.78 is 0. The van der Waals surface area contributed by atoms with E-state index in [1.807, 2.05) is 0 Å². The highest BCUT2D eigenvalue weighted by atomic mass is 16.3. The van der Waals surface area contributed by atoms with Crippen LogP contribution in [-0.2, 0) is 4.79 Å². The molecule has 0 unspecified atom stereocenters. The zero-order valence-corrected chi connectivity index (χ0v) is 8.62. The first-order valence-corrected chi connectivity index (χ1v) is 4.75. The Morgan fingerprint density at radius 1 is 1.43 bits per heavy atom. The number of amides is 1. The molecule has 0 bridgehead atoms. The number of nitrogens with two attached hydrogens (primary N) is 1. The number of hydrogen-bond donors (Lipinski definition) is 4. The van der Waals surface area contributed by atoms with Gasteiger partial charge in [-0.25, -0.2) is 0 Å². The summed E-state index contributed by atoms with van der Waals surface area (Å²) in [5.74, 6) is -0.307. The van der Waals surface area contributed by atoms with Crippen LogP contribution in [0.3, 0.4) is 0 Å². The summed E-state index contributed by atoms with van der Waals surface area (Å²) in [6.07, 6.45) is 1.05. The number of aliphatic hydroxyl groups excluding tert-OH is 2. The number of primary amides is 1. The van der Waals surface area contributed by atoms with E-state index in [-0.39, 0.29) is 19.1 Å². The molecule has 0 aromatic carbocycles. The summed E-state index contributed by atoms with van der Waals surface area (Å²) in [5.41, 5.74) is 4.47. The van der Waals surface area contributed by atoms with Crippen molar-refractivity contribution in [3.05, 3.63) is 0 Å². The number of rotatable bonds is 8. The van der Waals surface area contributed by atoms with Gasteiger partial charge in [0.15, 0.2) is 0 Å². The van der Waals surface area contributed by atoms with Crippen molar-refractivity contribution >= 4 is 5.91 Å². The predicted octanol–water partition coefficient (Wildman–Crippen LogP) is -1.17. The van der Waals surface area contributed by atoms with Gasteiger partial charge in [0.05, 0.1) is 13.2 Å². The molecular formula is C9H20N2O3. The molecule has 5 N–H and O–H groups in total. The molecule has 0 aliphatic rings. The van der Waals surface area contributed by atoms with Crippen molar-refractivity contribution in [1.82, 2.24) is 5.32 Å². The van der Waals surface area contributed by atoms with Crippen molar-refractivity contribution in [1.29, 1.82) is 0 Å². The fourth-order valence-corrected chi connectivity index (χ4v) is 0.940. The van der Waals surface area contributed by atoms with E-state index in [9.17, 15) is 4.79 Å². The highest BCUT2D eigenvalue weighted by molar-refractivity contribution is 5.73. The van der Waals surface area contributed by atoms with Gasteiger partial charge in [-0.2, -0.15) is 0 Å². The normalized spacial score (nSPS) is 11.6. The van der Waals surface area contributed by atoms with E-state index >= 15 is 0 Å². The van der Waals surface area contributed by atoms with Crippen molar-refractivity contribution in [2.75, 3.05) is 26.3 Å². The zero-order chi connectivity index (χ0) is 11.0. The maximum absolute atomic E-state index is 10.4. The lowest BCUT2D eigenvalue weighted by atomic mass is 9.93. The van der Waals surface area contributed by atoms with Gasteiger partial charge in [0.1, 0.15) is 0 Å². The van der Waals surface area contributed by atoms with Crippen molar-refractivity contribution in [3.8, 4) is 0 Å². The maximum atomic E-state index is 10.4. The van der Waals surface area contributed by atoms with Crippen LogP contribution in [0, 0.1) is 5.41 Å². The first kappa shape index (κ1) is 13.4. The average molecular weight is 204 g/mol. The van der Waals surface area contributed by atoms with Gasteiger partial charge in [0.2, 0.25) is 5.91 Å². The molecule has 0 spiro atoms. The molecule has 5 nitrogen and oxygen atoms in total. The van der Waals surface area contributed by atoms with E-state index in [4.69, 9.17) is 15.9 Å². The molecule has 0 aromatic rings. The van der Waals surface area contributed by atoms with Crippen LogP contribution in [0.5, 0.6) is 0 Å². The smallest absolute Gasteiger partial charge is 0.217 e. The number of hydrogen-bond acceptors (Lipinski definition) is 4. The quantitative estimate of drug-likeness (QED) is 0.375. The molecule has 14 heavy (non-hydrogen) atoms. The monoisotopic (exact) mass is 204 g/mol. The first-order chi connectivity index (χ1) is 6.54. The van der Waals surface area contributed by atoms with Crippen molar-refractivity contribution in [2.24, 2.45) is 11.1 Å². The molecule has 0 saturated carbocycles. The molecule has 0 radical (unpaired) electrons. The van der Waals surface area contributed by atoms with E-state index in [0.717, 1.165) is 0 Å². The van der Waals surface area contributed by atoms with E-state index in [0.29, 0.717) is 25.9 Å². The van der Waals surface area contributed by atoms with Crippen LogP contribution in [0.4, 0.5) is 0 Å². The van der Waals surface area contributed by atoms with Crippen molar-refractivity contribution in [3.63, 3.8) is 0 Å². The number of aliphatic hydroxyl groups is 2. The minimum absolute atomic E-state index is 0.0632. The lowest BCUT2D eigenvalue weighted by Gasteiger charge is -2.24. The van der Waals surface area contributed by atoms with Crippen molar-refractivity contribution in [2.45, 2.75) is 19.8 Å². The highest BCUT2D eigenvalue weighted by Crippen LogP contribution is 2.11. The summed E-state index contributed by atoms with van der Waals surface area (Å²) >= 11 is 0. The van der Waals surface area contributed by atoms with Crippen LogP contribution in [-0.4, -0.2) is 42.4 Å². The molecule has 5 heteroatoms. The van der Waals surface area contributed by atoms with Crippen LogP contribution >= 0.6 is 0 Å². The largest absolute Gasteiger partial charge is 0.396 e. The van der Waals surface area contributed by atoms with Crippen LogP contribution in [0.25, 0.3) is 0 Å². The van der Waals surface area contributed by atoms with Gasteiger partial charge >= 0.3 is 0 Å². The molecule has 0 atom stereocenters. The van der Waals surface area contributed by atoms with Crippen molar-refractivity contribution < 1.29 is 15.0 Å². The Morgan fingerprint density at radius 2 is 2.00 bits per heavy atom. The molecule has 1 amide bonds. The number of carbonyl (C=O) groups excluding carboxylic acids is 1. The second-order valence-electron chi connectivity index (χ2n) is 3.87. The molecule has 0 aliphatic heterocycles. The Kier molecular flexibility index (Phi) is 6.44. The Morgan fingerprint density at radius 3 is 2.43 bits per heavy atom. The summed E-state index contributed by atoms with van der Waals surface area (Å²) in [6.45, 7) is 2.85. The van der Waals surface area contributed by atoms with E-state index in [1.165, 1.54) is 0 Å². The lowest BCUT2D eigenvalue weighted by Crippen LogP contribution is -2.38. The Hall–Kier alpha value is -0.650. The summed E-state index contributed by atoms with van der Waals surface area (Å²) in [7, 11) is 0. The van der Waals surface area contributed by atoms with Gasteiger partial charge in [-0.15, -0.1) is 0 Å². The van der Waals surface area contributed by atoms with Gasteiger partial charge in [-0.1, -0.05) is 6.92 Å². The Labute approximate surface area is 84.3 Å². The van der Waals surface area contributed by atoms with Crippen LogP contribution in [0.15, 0.2) is 0 Å². The molecule has 0 heterocycles. The zero-order valence-electron chi connectivity index (χ0n) is 8.62. The number of nitrogens with one attached hydrogen (secondary N) is 1. The van der Waals surface area contributed by atoms with E-state index in [2.05, 4.69) is 5.32 Å². The highest BCUT2D eigenvalue weighted by Gasteiger charge is 2.21. The van der Waals surface area contributed by atoms with Gasteiger partial charge in [-0.05, 0) is 13.0 Å². The molecule has 84 valence electrons. The second-order valence-corrected chi connectivity index (χ2v) is 3.87. The molecule has 0 aliphatic carbocycles. The topological polar surface area (TPSA) is 95.6 Å². The minimum atomic E-state index is -0.493. The van der Waals surface area contributed by atoms with Crippen LogP contribution in [0.1, 0.15) is 19.8 Å². The first-order valence-electron chi connectivity index (χ1n) is 4.75. The lowest BCUT2D eigenvalue weighted by molar-refractivity contribution is -0.118. The average Bonchev–Trinajstić information content (AvgIpc) is 2.16. The fourth-order valence-electron chi connectivity index (χ4n) is 0.940. The van der Waals surface area contributed by atoms with E-state index in [1.54, 1.807) is 6.92 Å². The van der Waals surface area contributed by atoms with Gasteiger partial charge in [0.25, 0.3) is 0 Å². The maximum Gasteiger partial charge on any atom is 0.217 e. The van der Waals surface area contributed by atoms with E-state index < -0.39 is 5.41 Å². The fraction of sp³-hybridized carbons (Fsp3) is 0.889. The van der Waals surface area contributed by atoms with Gasteiger partial charge in [0, 0.05) is 18.4 Å². The number of carbonyl (C=O) groups is 1. The standard InChI is InChI=1S/C9H20N2O3/c1-9(6-12,7-13)5-11-4-2-3-8(10)14/h11-13H,2-7H2,1H3,(H2,10,14). The minimum Gasteiger partial charge on any atom is -0.396 e. The molecule has 0 aromatic heterocycles. The Balaban J connectivity index is 3.47. The molecular weight excluding hydrogens is 184 g/mol. The van der Waals surface area contributed by atoms with Crippen LogP contribution < -0.4 is 11.1 Å². The summed E-state index contributed by atoms with van der Waals surface area (Å²) in [4.78, 5) is 10.4. The summed E-state index contributed by atoms with van der Waals surface area (Å²) in [5, 5.41) is 21.0. The predicted molar refractivity (Wildman–Crippen MR) is 53.6 cm³/mol. The van der Waals surface area contributed by atoms with Gasteiger partial charge in [-0.3, -0.25) is 4.79 Å². The second kappa shape index (κ2) is 6.75. The Bertz CT molecular complexity index is 169. The summed E-state index contributed by atoms with van der Waals surface area (Å²) in [6, 6.07) is 0. The molecule has 0 saturated heterocycles. The third-order valence-electron chi connectivity index (χ3n) is 2.09. The third kappa shape index (κ3) is 5.90. The van der Waals surface area contributed by atoms with Gasteiger partial charge < -0.3 is 21.3 Å². The molecule has 0 rings (SSSR count).